The Bertz CT molecular complexity index is 361. The second-order valence-corrected chi connectivity index (χ2v) is 3.65. The molecule has 0 unspecified atom stereocenters. The van der Waals surface area contributed by atoms with E-state index in [1.807, 2.05) is 43.1 Å². The van der Waals surface area contributed by atoms with Gasteiger partial charge in [-0.1, -0.05) is 12.1 Å². The maximum Gasteiger partial charge on any atom is 0.208 e. The number of ether oxygens (including phenoxy) is 1. The van der Waals surface area contributed by atoms with Crippen molar-refractivity contribution in [1.29, 1.82) is 0 Å². The van der Waals surface area contributed by atoms with Gasteiger partial charge >= 0.3 is 0 Å². The van der Waals surface area contributed by atoms with Gasteiger partial charge in [0.15, 0.2) is 0 Å². The van der Waals surface area contributed by atoms with E-state index in [4.69, 9.17) is 10.6 Å². The van der Waals surface area contributed by atoms with Gasteiger partial charge in [-0.15, -0.1) is 0 Å². The molecule has 0 spiro atoms. The molecule has 0 heterocycles. The van der Waals surface area contributed by atoms with Crippen LogP contribution >= 0.6 is 0 Å². The molecule has 1 aromatic carbocycles. The summed E-state index contributed by atoms with van der Waals surface area (Å²) in [4.78, 5) is 6.22. The lowest BCUT2D eigenvalue weighted by Gasteiger charge is -2.20. The summed E-state index contributed by atoms with van der Waals surface area (Å²) in [5, 5.41) is 0. The largest absolute Gasteiger partial charge is 0.497 e. The number of rotatable bonds is 4. The second-order valence-electron chi connectivity index (χ2n) is 3.65. The first-order valence-electron chi connectivity index (χ1n) is 5.56. The van der Waals surface area contributed by atoms with Crippen LogP contribution in [0, 0.1) is 0 Å². The molecule has 94 valence electrons. The van der Waals surface area contributed by atoms with E-state index in [0.717, 1.165) is 12.3 Å². The first-order valence-corrected chi connectivity index (χ1v) is 5.56. The zero-order valence-corrected chi connectivity index (χ0v) is 10.6. The summed E-state index contributed by atoms with van der Waals surface area (Å²) in [7, 11) is 3.60. The first-order chi connectivity index (χ1) is 8.21. The van der Waals surface area contributed by atoms with Crippen LogP contribution in [0.2, 0.25) is 0 Å². The van der Waals surface area contributed by atoms with Gasteiger partial charge in [0.05, 0.1) is 7.11 Å². The summed E-state index contributed by atoms with van der Waals surface area (Å²) in [6.07, 6.45) is 0. The molecule has 17 heavy (non-hydrogen) atoms. The molecule has 5 nitrogen and oxygen atoms in total. The van der Waals surface area contributed by atoms with Gasteiger partial charge in [-0.2, -0.15) is 0 Å². The summed E-state index contributed by atoms with van der Waals surface area (Å²) < 4.78 is 5.11. The molecule has 0 fully saturated rings. The molecule has 0 aliphatic heterocycles. The van der Waals surface area contributed by atoms with Crippen LogP contribution in [0.1, 0.15) is 12.5 Å². The number of nitrogens with two attached hydrogens (primary N) is 1. The quantitative estimate of drug-likeness (QED) is 0.354. The van der Waals surface area contributed by atoms with Gasteiger partial charge in [0.2, 0.25) is 5.96 Å². The highest BCUT2D eigenvalue weighted by Gasteiger charge is 2.05. The fourth-order valence-electron chi connectivity index (χ4n) is 1.51. The van der Waals surface area contributed by atoms with E-state index in [1.165, 1.54) is 5.56 Å². The van der Waals surface area contributed by atoms with Crippen LogP contribution in [-0.4, -0.2) is 31.6 Å². The molecule has 5 heteroatoms. The number of hydrogen-bond acceptors (Lipinski definition) is 3. The van der Waals surface area contributed by atoms with Crippen molar-refractivity contribution in [2.24, 2.45) is 10.8 Å². The van der Waals surface area contributed by atoms with Crippen molar-refractivity contribution in [2.45, 2.75) is 13.5 Å². The van der Waals surface area contributed by atoms with E-state index < -0.39 is 0 Å². The molecule has 1 aromatic rings. The van der Waals surface area contributed by atoms with Gasteiger partial charge in [-0.25, -0.2) is 5.84 Å². The molecule has 0 bridgehead atoms. The highest BCUT2D eigenvalue weighted by molar-refractivity contribution is 5.79. The minimum Gasteiger partial charge on any atom is -0.497 e. The number of hydrazine groups is 1. The number of hydrogen-bond donors (Lipinski definition) is 2. The summed E-state index contributed by atoms with van der Waals surface area (Å²) in [6.45, 7) is 3.41. The van der Waals surface area contributed by atoms with Gasteiger partial charge in [-0.3, -0.25) is 10.4 Å². The molecule has 0 aliphatic rings. The minimum absolute atomic E-state index is 0.684. The molecule has 0 saturated carbocycles. The first kappa shape index (κ1) is 13.3. The van der Waals surface area contributed by atoms with Crippen molar-refractivity contribution in [3.05, 3.63) is 29.8 Å². The van der Waals surface area contributed by atoms with Crippen LogP contribution in [0.25, 0.3) is 0 Å². The predicted octanol–water partition coefficient (Wildman–Crippen LogP) is 0.966. The Balaban J connectivity index is 2.66. The number of benzene rings is 1. The maximum atomic E-state index is 5.42. The SMILES string of the molecule is CCN=C(NN)N(C)Cc1ccc(OC)cc1. The molecule has 0 saturated heterocycles. The van der Waals surface area contributed by atoms with Gasteiger partial charge in [0.1, 0.15) is 5.75 Å². The fourth-order valence-corrected chi connectivity index (χ4v) is 1.51. The lowest BCUT2D eigenvalue weighted by molar-refractivity contribution is 0.414. The minimum atomic E-state index is 0.684. The Hall–Kier alpha value is -1.75. The van der Waals surface area contributed by atoms with Crippen LogP contribution in [0.4, 0.5) is 0 Å². The van der Waals surface area contributed by atoms with Crippen molar-refractivity contribution < 1.29 is 4.74 Å². The van der Waals surface area contributed by atoms with Crippen molar-refractivity contribution in [2.75, 3.05) is 20.7 Å². The van der Waals surface area contributed by atoms with E-state index in [0.29, 0.717) is 12.5 Å². The average molecular weight is 236 g/mol. The third-order valence-electron chi connectivity index (χ3n) is 2.38. The summed E-state index contributed by atoms with van der Waals surface area (Å²) in [5.41, 5.74) is 3.77. The van der Waals surface area contributed by atoms with E-state index in [9.17, 15) is 0 Å². The summed E-state index contributed by atoms with van der Waals surface area (Å²) in [6, 6.07) is 7.93. The highest BCUT2D eigenvalue weighted by atomic mass is 16.5. The fraction of sp³-hybridized carbons (Fsp3) is 0.417. The van der Waals surface area contributed by atoms with E-state index in [2.05, 4.69) is 10.4 Å². The number of nitrogens with zero attached hydrogens (tertiary/aromatic N) is 2. The molecule has 1 rings (SSSR count). The number of nitrogens with one attached hydrogen (secondary N) is 1. The van der Waals surface area contributed by atoms with Crippen molar-refractivity contribution in [1.82, 2.24) is 10.3 Å². The molecule has 0 atom stereocenters. The summed E-state index contributed by atoms with van der Waals surface area (Å²) in [5.74, 6) is 6.96. The predicted molar refractivity (Wildman–Crippen MR) is 69.8 cm³/mol. The van der Waals surface area contributed by atoms with E-state index in [1.54, 1.807) is 7.11 Å². The van der Waals surface area contributed by atoms with Gasteiger partial charge in [0.25, 0.3) is 0 Å². The van der Waals surface area contributed by atoms with Gasteiger partial charge in [-0.05, 0) is 24.6 Å². The average Bonchev–Trinajstić information content (AvgIpc) is 2.36. The smallest absolute Gasteiger partial charge is 0.208 e. The second kappa shape index (κ2) is 6.75. The lowest BCUT2D eigenvalue weighted by Crippen LogP contribution is -2.42. The topological polar surface area (TPSA) is 62.9 Å². The van der Waals surface area contributed by atoms with Crippen LogP contribution in [-0.2, 0) is 6.54 Å². The Morgan fingerprint density at radius 1 is 1.41 bits per heavy atom. The molecule has 0 aliphatic carbocycles. The maximum absolute atomic E-state index is 5.42. The molecular weight excluding hydrogens is 216 g/mol. The Labute approximate surface area is 102 Å². The Morgan fingerprint density at radius 2 is 2.06 bits per heavy atom. The monoisotopic (exact) mass is 236 g/mol. The highest BCUT2D eigenvalue weighted by Crippen LogP contribution is 2.12. The molecule has 0 aromatic heterocycles. The third-order valence-corrected chi connectivity index (χ3v) is 2.38. The molecular formula is C12H20N4O. The van der Waals surface area contributed by atoms with Crippen LogP contribution < -0.4 is 16.0 Å². The standard InChI is InChI=1S/C12H20N4O/c1-4-14-12(15-13)16(2)9-10-5-7-11(17-3)8-6-10/h5-8H,4,9,13H2,1-3H3,(H,14,15). The van der Waals surface area contributed by atoms with E-state index in [-0.39, 0.29) is 0 Å². The third kappa shape index (κ3) is 3.96. The van der Waals surface area contributed by atoms with Gasteiger partial charge < -0.3 is 9.64 Å². The van der Waals surface area contributed by atoms with Crippen LogP contribution in [0.5, 0.6) is 5.75 Å². The zero-order chi connectivity index (χ0) is 12.7. The van der Waals surface area contributed by atoms with Gasteiger partial charge in [0, 0.05) is 20.1 Å². The van der Waals surface area contributed by atoms with E-state index >= 15 is 0 Å². The molecule has 0 amide bonds. The van der Waals surface area contributed by atoms with Crippen molar-refractivity contribution >= 4 is 5.96 Å². The normalized spacial score (nSPS) is 11.2. The number of guanidine groups is 1. The van der Waals surface area contributed by atoms with Crippen molar-refractivity contribution in [3.63, 3.8) is 0 Å². The molecule has 3 N–H and O–H groups in total. The van der Waals surface area contributed by atoms with Crippen molar-refractivity contribution in [3.8, 4) is 5.75 Å². The Kier molecular flexibility index (Phi) is 5.29. The number of aliphatic imine (C=N–C) groups is 1. The summed E-state index contributed by atoms with van der Waals surface area (Å²) >= 11 is 0. The Morgan fingerprint density at radius 3 is 2.53 bits per heavy atom. The number of methoxy groups -OCH3 is 1. The molecule has 0 radical (unpaired) electrons. The lowest BCUT2D eigenvalue weighted by atomic mass is 10.2. The van der Waals surface area contributed by atoms with Crippen LogP contribution in [0.15, 0.2) is 29.3 Å². The van der Waals surface area contributed by atoms with Crippen LogP contribution in [0.3, 0.4) is 0 Å². The zero-order valence-electron chi connectivity index (χ0n) is 10.6.